The van der Waals surface area contributed by atoms with Crippen LogP contribution in [0, 0.1) is 23.2 Å². The van der Waals surface area contributed by atoms with Gasteiger partial charge in [-0.2, -0.15) is 0 Å². The zero-order valence-electron chi connectivity index (χ0n) is 8.97. The van der Waals surface area contributed by atoms with Crippen LogP contribution in [0.4, 0.5) is 0 Å². The minimum atomic E-state index is 0.285. The fourth-order valence-corrected chi connectivity index (χ4v) is 3.87. The summed E-state index contributed by atoms with van der Waals surface area (Å²) in [7, 11) is 0. The Balaban J connectivity index is 1.84. The van der Waals surface area contributed by atoms with E-state index in [2.05, 4.69) is 20.8 Å². The van der Waals surface area contributed by atoms with Gasteiger partial charge in [0.2, 0.25) is 0 Å². The first-order valence-corrected chi connectivity index (χ1v) is 5.68. The SMILES string of the molecule is CC1(C2CCC3CC2C3(C)C)CO1. The minimum absolute atomic E-state index is 0.285. The third-order valence-electron chi connectivity index (χ3n) is 5.24. The van der Waals surface area contributed by atoms with Crippen molar-refractivity contribution in [3.8, 4) is 0 Å². The lowest BCUT2D eigenvalue weighted by Gasteiger charge is -2.61. The molecule has 0 aromatic heterocycles. The lowest BCUT2D eigenvalue weighted by molar-refractivity contribution is -0.123. The summed E-state index contributed by atoms with van der Waals surface area (Å²) in [6.45, 7) is 8.26. The van der Waals surface area contributed by atoms with Crippen molar-refractivity contribution in [2.45, 2.75) is 45.6 Å². The summed E-state index contributed by atoms with van der Waals surface area (Å²) in [5.74, 6) is 2.85. The molecule has 1 heterocycles. The summed E-state index contributed by atoms with van der Waals surface area (Å²) in [5, 5.41) is 0. The van der Waals surface area contributed by atoms with E-state index in [-0.39, 0.29) is 5.60 Å². The first kappa shape index (κ1) is 8.28. The summed E-state index contributed by atoms with van der Waals surface area (Å²) in [6.07, 6.45) is 4.36. The average Bonchev–Trinajstić information content (AvgIpc) is 2.85. The molecule has 4 aliphatic rings. The Labute approximate surface area is 80.8 Å². The molecule has 1 heteroatoms. The molecule has 4 rings (SSSR count). The van der Waals surface area contributed by atoms with Gasteiger partial charge in [0.25, 0.3) is 0 Å². The first-order chi connectivity index (χ1) is 6.04. The van der Waals surface area contributed by atoms with E-state index in [0.717, 1.165) is 24.4 Å². The van der Waals surface area contributed by atoms with Crippen LogP contribution in [0.25, 0.3) is 0 Å². The van der Waals surface area contributed by atoms with Crippen molar-refractivity contribution in [1.82, 2.24) is 0 Å². The first-order valence-electron chi connectivity index (χ1n) is 5.68. The minimum Gasteiger partial charge on any atom is -0.370 e. The fourth-order valence-electron chi connectivity index (χ4n) is 3.87. The van der Waals surface area contributed by atoms with Crippen LogP contribution in [0.15, 0.2) is 0 Å². The van der Waals surface area contributed by atoms with Crippen molar-refractivity contribution in [2.24, 2.45) is 23.2 Å². The number of hydrogen-bond donors (Lipinski definition) is 0. The average molecular weight is 180 g/mol. The molecule has 0 aromatic rings. The van der Waals surface area contributed by atoms with Crippen LogP contribution >= 0.6 is 0 Å². The maximum Gasteiger partial charge on any atom is 0.0919 e. The monoisotopic (exact) mass is 180 g/mol. The predicted octanol–water partition coefficient (Wildman–Crippen LogP) is 2.85. The molecule has 4 unspecified atom stereocenters. The number of ether oxygens (including phenoxy) is 1. The van der Waals surface area contributed by atoms with E-state index in [9.17, 15) is 0 Å². The molecule has 13 heavy (non-hydrogen) atoms. The van der Waals surface area contributed by atoms with E-state index in [1.807, 2.05) is 0 Å². The molecule has 0 amide bonds. The second-order valence-electron chi connectivity index (χ2n) is 6.15. The molecule has 4 fully saturated rings. The lowest BCUT2D eigenvalue weighted by atomic mass is 9.44. The molecule has 1 aliphatic heterocycles. The number of hydrogen-bond acceptors (Lipinski definition) is 1. The van der Waals surface area contributed by atoms with Gasteiger partial charge < -0.3 is 4.74 Å². The predicted molar refractivity (Wildman–Crippen MR) is 52.5 cm³/mol. The molecule has 3 aliphatic carbocycles. The second kappa shape index (κ2) is 2.13. The molecule has 1 saturated heterocycles. The Kier molecular flexibility index (Phi) is 1.36. The molecule has 1 nitrogen and oxygen atoms in total. The van der Waals surface area contributed by atoms with E-state index < -0.39 is 0 Å². The van der Waals surface area contributed by atoms with E-state index in [1.165, 1.54) is 19.3 Å². The van der Waals surface area contributed by atoms with Gasteiger partial charge >= 0.3 is 0 Å². The molecule has 0 radical (unpaired) electrons. The van der Waals surface area contributed by atoms with Gasteiger partial charge in [-0.25, -0.2) is 0 Å². The van der Waals surface area contributed by atoms with Crippen molar-refractivity contribution >= 4 is 0 Å². The summed E-state index contributed by atoms with van der Waals surface area (Å²) in [6, 6.07) is 0. The van der Waals surface area contributed by atoms with Crippen molar-refractivity contribution in [3.63, 3.8) is 0 Å². The molecule has 0 N–H and O–H groups in total. The molecular weight excluding hydrogens is 160 g/mol. The van der Waals surface area contributed by atoms with Crippen LogP contribution in [-0.2, 0) is 4.74 Å². The van der Waals surface area contributed by atoms with Crippen LogP contribution in [-0.4, -0.2) is 12.2 Å². The molecule has 74 valence electrons. The van der Waals surface area contributed by atoms with Gasteiger partial charge in [-0.3, -0.25) is 0 Å². The van der Waals surface area contributed by atoms with Crippen LogP contribution in [0.1, 0.15) is 40.0 Å². The van der Waals surface area contributed by atoms with E-state index in [1.54, 1.807) is 0 Å². The maximum absolute atomic E-state index is 5.62. The second-order valence-corrected chi connectivity index (χ2v) is 6.15. The highest BCUT2D eigenvalue weighted by Crippen LogP contribution is 2.65. The van der Waals surface area contributed by atoms with Gasteiger partial charge in [-0.05, 0) is 49.4 Å². The number of epoxide rings is 1. The molecule has 0 aromatic carbocycles. The number of fused-ring (bicyclic) bond motifs is 2. The van der Waals surface area contributed by atoms with Gasteiger partial charge in [0, 0.05) is 0 Å². The molecular formula is C12H20O. The largest absolute Gasteiger partial charge is 0.370 e. The number of rotatable bonds is 1. The van der Waals surface area contributed by atoms with Gasteiger partial charge in [0.05, 0.1) is 12.2 Å². The lowest BCUT2D eigenvalue weighted by Crippen LogP contribution is -2.55. The van der Waals surface area contributed by atoms with Crippen LogP contribution in [0.2, 0.25) is 0 Å². The van der Waals surface area contributed by atoms with E-state index in [4.69, 9.17) is 4.74 Å². The maximum atomic E-state index is 5.62. The fraction of sp³-hybridized carbons (Fsp3) is 1.00. The molecule has 2 bridgehead atoms. The van der Waals surface area contributed by atoms with E-state index in [0.29, 0.717) is 5.41 Å². The highest BCUT2D eigenvalue weighted by molar-refractivity contribution is 5.10. The zero-order chi connectivity index (χ0) is 9.27. The normalized spacial score (nSPS) is 57.0. The van der Waals surface area contributed by atoms with Crippen molar-refractivity contribution in [1.29, 1.82) is 0 Å². The zero-order valence-corrected chi connectivity index (χ0v) is 8.97. The Morgan fingerprint density at radius 3 is 2.23 bits per heavy atom. The highest BCUT2D eigenvalue weighted by Gasteiger charge is 2.61. The Bertz CT molecular complexity index is 238. The standard InChI is InChI=1S/C12H20O/c1-11(2)8-4-5-9(10(11)6-8)12(3)7-13-12/h8-10H,4-7H2,1-3H3. The van der Waals surface area contributed by atoms with Crippen molar-refractivity contribution in [2.75, 3.05) is 6.61 Å². The Morgan fingerprint density at radius 2 is 1.77 bits per heavy atom. The topological polar surface area (TPSA) is 12.5 Å². The summed E-state index contributed by atoms with van der Waals surface area (Å²) >= 11 is 0. The molecule has 3 saturated carbocycles. The summed E-state index contributed by atoms with van der Waals surface area (Å²) < 4.78 is 5.62. The third-order valence-corrected chi connectivity index (χ3v) is 5.24. The van der Waals surface area contributed by atoms with Gasteiger partial charge in [-0.15, -0.1) is 0 Å². The van der Waals surface area contributed by atoms with Crippen molar-refractivity contribution < 1.29 is 4.74 Å². The Morgan fingerprint density at radius 1 is 1.08 bits per heavy atom. The third kappa shape index (κ3) is 0.918. The smallest absolute Gasteiger partial charge is 0.0919 e. The summed E-state index contributed by atoms with van der Waals surface area (Å²) in [5.41, 5.74) is 0.908. The molecule has 0 spiro atoms. The van der Waals surface area contributed by atoms with Gasteiger partial charge in [-0.1, -0.05) is 13.8 Å². The Hall–Kier alpha value is -0.0400. The van der Waals surface area contributed by atoms with E-state index >= 15 is 0 Å². The van der Waals surface area contributed by atoms with Crippen molar-refractivity contribution in [3.05, 3.63) is 0 Å². The van der Waals surface area contributed by atoms with Gasteiger partial charge in [0.15, 0.2) is 0 Å². The van der Waals surface area contributed by atoms with Crippen LogP contribution in [0.3, 0.4) is 0 Å². The molecule has 4 atom stereocenters. The summed E-state index contributed by atoms with van der Waals surface area (Å²) in [4.78, 5) is 0. The van der Waals surface area contributed by atoms with Gasteiger partial charge in [0.1, 0.15) is 0 Å². The quantitative estimate of drug-likeness (QED) is 0.565. The highest BCUT2D eigenvalue weighted by atomic mass is 16.6. The van der Waals surface area contributed by atoms with Crippen LogP contribution in [0.5, 0.6) is 0 Å². The van der Waals surface area contributed by atoms with Crippen LogP contribution < -0.4 is 0 Å².